The van der Waals surface area contributed by atoms with E-state index >= 15 is 0 Å². The van der Waals surface area contributed by atoms with Crippen LogP contribution in [0.3, 0.4) is 0 Å². The van der Waals surface area contributed by atoms with E-state index in [9.17, 15) is 4.79 Å². The molecule has 2 aromatic heterocycles. The summed E-state index contributed by atoms with van der Waals surface area (Å²) in [7, 11) is 0. The van der Waals surface area contributed by atoms with Crippen LogP contribution in [0, 0.1) is 0 Å². The molecule has 0 atom stereocenters. The van der Waals surface area contributed by atoms with Crippen LogP contribution in [0.1, 0.15) is 16.6 Å². The van der Waals surface area contributed by atoms with Gasteiger partial charge < -0.3 is 19.9 Å². The molecule has 0 aliphatic carbocycles. The van der Waals surface area contributed by atoms with Gasteiger partial charge >= 0.3 is 0 Å². The average Bonchev–Trinajstić information content (AvgIpc) is 3.34. The predicted octanol–water partition coefficient (Wildman–Crippen LogP) is 3.11. The van der Waals surface area contributed by atoms with Gasteiger partial charge in [-0.1, -0.05) is 11.3 Å². The first-order valence-corrected chi connectivity index (χ1v) is 10.4. The van der Waals surface area contributed by atoms with Crippen LogP contribution < -0.4 is 10.6 Å². The number of aromatic nitrogens is 2. The standard InChI is InChI=1S/C20H25N5O2S/c1-2-21-20-22-14-18(28-20)19(26)23-16-3-4-17-15(13-16)5-6-25(17)8-7-24-9-11-27-12-10-24/h3-6,13-14H,2,7-12H2,1H3,(H,21,22)(H,23,26). The van der Waals surface area contributed by atoms with E-state index in [2.05, 4.69) is 43.4 Å². The number of hydrogen-bond donors (Lipinski definition) is 2. The molecule has 0 saturated carbocycles. The molecule has 4 rings (SSSR count). The summed E-state index contributed by atoms with van der Waals surface area (Å²) in [5.74, 6) is -0.132. The molecule has 0 radical (unpaired) electrons. The summed E-state index contributed by atoms with van der Waals surface area (Å²) in [6.45, 7) is 8.41. The molecule has 1 aliphatic rings. The number of hydrogen-bond acceptors (Lipinski definition) is 6. The first kappa shape index (κ1) is 18.9. The molecule has 28 heavy (non-hydrogen) atoms. The van der Waals surface area contributed by atoms with E-state index in [1.165, 1.54) is 16.9 Å². The highest BCUT2D eigenvalue weighted by atomic mass is 32.1. The molecule has 1 fully saturated rings. The Hall–Kier alpha value is -2.42. The Morgan fingerprint density at radius 1 is 1.25 bits per heavy atom. The number of carbonyl (C=O) groups is 1. The molecule has 0 unspecified atom stereocenters. The van der Waals surface area contributed by atoms with Crippen molar-refractivity contribution in [1.82, 2.24) is 14.5 Å². The number of nitrogens with one attached hydrogen (secondary N) is 2. The van der Waals surface area contributed by atoms with Crippen LogP contribution in [0.15, 0.2) is 36.7 Å². The number of benzene rings is 1. The fourth-order valence-corrected chi connectivity index (χ4v) is 4.13. The zero-order valence-corrected chi connectivity index (χ0v) is 16.8. The molecular weight excluding hydrogens is 374 g/mol. The number of ether oxygens (including phenoxy) is 1. The maximum atomic E-state index is 12.5. The molecule has 1 aromatic carbocycles. The van der Waals surface area contributed by atoms with Crippen molar-refractivity contribution in [2.45, 2.75) is 13.5 Å². The van der Waals surface area contributed by atoms with Gasteiger partial charge in [0.1, 0.15) is 4.88 Å². The second kappa shape index (κ2) is 8.72. The molecule has 7 nitrogen and oxygen atoms in total. The van der Waals surface area contributed by atoms with Gasteiger partial charge in [-0.3, -0.25) is 9.69 Å². The van der Waals surface area contributed by atoms with Crippen molar-refractivity contribution in [3.63, 3.8) is 0 Å². The average molecular weight is 400 g/mol. The lowest BCUT2D eigenvalue weighted by molar-refractivity contribution is 0.0365. The van der Waals surface area contributed by atoms with Crippen molar-refractivity contribution < 1.29 is 9.53 Å². The van der Waals surface area contributed by atoms with Crippen molar-refractivity contribution in [2.75, 3.05) is 50.0 Å². The third-order valence-electron chi connectivity index (χ3n) is 4.85. The minimum Gasteiger partial charge on any atom is -0.379 e. The zero-order valence-electron chi connectivity index (χ0n) is 16.0. The van der Waals surface area contributed by atoms with Crippen molar-refractivity contribution in [3.05, 3.63) is 41.5 Å². The maximum Gasteiger partial charge on any atom is 0.267 e. The molecule has 148 valence electrons. The van der Waals surface area contributed by atoms with Gasteiger partial charge in [0.2, 0.25) is 0 Å². The van der Waals surface area contributed by atoms with Crippen LogP contribution in [-0.4, -0.2) is 59.8 Å². The lowest BCUT2D eigenvalue weighted by Gasteiger charge is -2.26. The fourth-order valence-electron chi connectivity index (χ4n) is 3.35. The molecule has 3 heterocycles. The Bertz CT molecular complexity index is 945. The number of thiazole rings is 1. The molecule has 0 spiro atoms. The smallest absolute Gasteiger partial charge is 0.267 e. The van der Waals surface area contributed by atoms with Crippen LogP contribution >= 0.6 is 11.3 Å². The Morgan fingerprint density at radius 2 is 2.11 bits per heavy atom. The Kier molecular flexibility index (Phi) is 5.90. The number of fused-ring (bicyclic) bond motifs is 1. The van der Waals surface area contributed by atoms with Gasteiger partial charge in [0.25, 0.3) is 5.91 Å². The predicted molar refractivity (Wildman–Crippen MR) is 113 cm³/mol. The molecule has 8 heteroatoms. The third-order valence-corrected chi connectivity index (χ3v) is 5.80. The lowest BCUT2D eigenvalue weighted by Crippen LogP contribution is -2.38. The zero-order chi connectivity index (χ0) is 19.3. The molecular formula is C20H25N5O2S. The Balaban J connectivity index is 1.41. The summed E-state index contributed by atoms with van der Waals surface area (Å²) in [6.07, 6.45) is 3.72. The van der Waals surface area contributed by atoms with Crippen LogP contribution in [-0.2, 0) is 11.3 Å². The SMILES string of the molecule is CCNc1ncc(C(=O)Nc2ccc3c(ccn3CCN3CCOCC3)c2)s1. The summed E-state index contributed by atoms with van der Waals surface area (Å²) in [4.78, 5) is 19.7. The van der Waals surface area contributed by atoms with E-state index in [4.69, 9.17) is 4.74 Å². The Morgan fingerprint density at radius 3 is 2.93 bits per heavy atom. The summed E-state index contributed by atoms with van der Waals surface area (Å²) >= 11 is 1.36. The first-order valence-electron chi connectivity index (χ1n) is 9.63. The van der Waals surface area contributed by atoms with Crippen LogP contribution in [0.5, 0.6) is 0 Å². The van der Waals surface area contributed by atoms with Gasteiger partial charge in [-0.25, -0.2) is 4.98 Å². The van der Waals surface area contributed by atoms with Crippen molar-refractivity contribution in [1.29, 1.82) is 0 Å². The topological polar surface area (TPSA) is 71.4 Å². The number of carbonyl (C=O) groups excluding carboxylic acids is 1. The second-order valence-corrected chi connectivity index (χ2v) is 7.78. The van der Waals surface area contributed by atoms with E-state index in [0.29, 0.717) is 4.88 Å². The van der Waals surface area contributed by atoms with Crippen LogP contribution in [0.2, 0.25) is 0 Å². The molecule has 3 aromatic rings. The minimum atomic E-state index is -0.132. The maximum absolute atomic E-state index is 12.5. The van der Waals surface area contributed by atoms with Crippen molar-refractivity contribution in [2.24, 2.45) is 0 Å². The fraction of sp³-hybridized carbons (Fsp3) is 0.400. The van der Waals surface area contributed by atoms with E-state index in [0.717, 1.165) is 62.1 Å². The monoisotopic (exact) mass is 399 g/mol. The lowest BCUT2D eigenvalue weighted by atomic mass is 10.2. The van der Waals surface area contributed by atoms with Crippen molar-refractivity contribution in [3.8, 4) is 0 Å². The molecule has 1 saturated heterocycles. The summed E-state index contributed by atoms with van der Waals surface area (Å²) in [5.41, 5.74) is 1.97. The molecule has 0 bridgehead atoms. The van der Waals surface area contributed by atoms with Gasteiger partial charge in [-0.15, -0.1) is 0 Å². The van der Waals surface area contributed by atoms with Gasteiger partial charge in [-0.05, 0) is 31.2 Å². The second-order valence-electron chi connectivity index (χ2n) is 6.75. The van der Waals surface area contributed by atoms with E-state index in [1.807, 2.05) is 19.1 Å². The quantitative estimate of drug-likeness (QED) is 0.639. The third kappa shape index (κ3) is 4.35. The molecule has 2 N–H and O–H groups in total. The van der Waals surface area contributed by atoms with Crippen molar-refractivity contribution >= 4 is 39.0 Å². The van der Waals surface area contributed by atoms with E-state index in [1.54, 1.807) is 6.20 Å². The highest BCUT2D eigenvalue weighted by Gasteiger charge is 2.13. The Labute approximate surface area is 168 Å². The largest absolute Gasteiger partial charge is 0.379 e. The van der Waals surface area contributed by atoms with Gasteiger partial charge in [-0.2, -0.15) is 0 Å². The molecule has 1 aliphatic heterocycles. The van der Waals surface area contributed by atoms with Gasteiger partial charge in [0.15, 0.2) is 5.13 Å². The highest BCUT2D eigenvalue weighted by Crippen LogP contribution is 2.23. The summed E-state index contributed by atoms with van der Waals surface area (Å²) in [5, 5.41) is 7.98. The van der Waals surface area contributed by atoms with Crippen LogP contribution in [0.4, 0.5) is 10.8 Å². The number of amides is 1. The number of nitrogens with zero attached hydrogens (tertiary/aromatic N) is 3. The van der Waals surface area contributed by atoms with E-state index < -0.39 is 0 Å². The highest BCUT2D eigenvalue weighted by molar-refractivity contribution is 7.17. The number of morpholine rings is 1. The summed E-state index contributed by atoms with van der Waals surface area (Å²) < 4.78 is 7.67. The van der Waals surface area contributed by atoms with E-state index in [-0.39, 0.29) is 5.91 Å². The van der Waals surface area contributed by atoms with Gasteiger partial charge in [0.05, 0.1) is 19.4 Å². The van der Waals surface area contributed by atoms with Gasteiger partial charge in [0, 0.05) is 55.5 Å². The molecule has 1 amide bonds. The summed E-state index contributed by atoms with van der Waals surface area (Å²) in [6, 6.07) is 8.14. The normalized spacial score (nSPS) is 15.0. The minimum absolute atomic E-state index is 0.132. The number of anilines is 2. The number of rotatable bonds is 7. The first-order chi connectivity index (χ1) is 13.7. The van der Waals surface area contributed by atoms with Crippen LogP contribution in [0.25, 0.3) is 10.9 Å².